The highest BCUT2D eigenvalue weighted by atomic mass is 16.5. The first-order valence-electron chi connectivity index (χ1n) is 6.34. The van der Waals surface area contributed by atoms with Crippen molar-refractivity contribution >= 4 is 5.91 Å². The topological polar surface area (TPSA) is 84.6 Å². The van der Waals surface area contributed by atoms with Crippen LogP contribution in [0.1, 0.15) is 32.1 Å². The van der Waals surface area contributed by atoms with Gasteiger partial charge in [-0.3, -0.25) is 4.79 Å². The number of rotatable bonds is 6. The SMILES string of the molecule is COCC(CCO)NC(=O)C1CCCCC1N. The molecule has 5 heteroatoms. The third-order valence-electron chi connectivity index (χ3n) is 3.35. The van der Waals surface area contributed by atoms with Crippen LogP contribution >= 0.6 is 0 Å². The average Bonchev–Trinajstić information content (AvgIpc) is 2.30. The highest BCUT2D eigenvalue weighted by Crippen LogP contribution is 2.23. The molecule has 0 aromatic carbocycles. The smallest absolute Gasteiger partial charge is 0.224 e. The largest absolute Gasteiger partial charge is 0.396 e. The number of ether oxygens (including phenoxy) is 1. The molecule has 1 rings (SSSR count). The lowest BCUT2D eigenvalue weighted by Crippen LogP contribution is -2.48. The van der Waals surface area contributed by atoms with E-state index in [1.807, 2.05) is 0 Å². The zero-order chi connectivity index (χ0) is 12.7. The molecule has 0 aromatic heterocycles. The van der Waals surface area contributed by atoms with E-state index >= 15 is 0 Å². The minimum Gasteiger partial charge on any atom is -0.396 e. The average molecular weight is 244 g/mol. The Balaban J connectivity index is 2.44. The first-order chi connectivity index (χ1) is 8.19. The van der Waals surface area contributed by atoms with Gasteiger partial charge >= 0.3 is 0 Å². The van der Waals surface area contributed by atoms with Crippen LogP contribution in [0.5, 0.6) is 0 Å². The van der Waals surface area contributed by atoms with Gasteiger partial charge in [-0.15, -0.1) is 0 Å². The van der Waals surface area contributed by atoms with E-state index in [4.69, 9.17) is 15.6 Å². The van der Waals surface area contributed by atoms with Crippen molar-refractivity contribution in [3.05, 3.63) is 0 Å². The molecule has 4 N–H and O–H groups in total. The molecule has 0 saturated heterocycles. The molecule has 100 valence electrons. The molecule has 0 aromatic rings. The van der Waals surface area contributed by atoms with Crippen molar-refractivity contribution in [3.8, 4) is 0 Å². The van der Waals surface area contributed by atoms with Crippen molar-refractivity contribution < 1.29 is 14.6 Å². The van der Waals surface area contributed by atoms with Crippen LogP contribution in [0.4, 0.5) is 0 Å². The Bertz CT molecular complexity index is 230. The fraction of sp³-hybridized carbons (Fsp3) is 0.917. The van der Waals surface area contributed by atoms with Gasteiger partial charge in [0.15, 0.2) is 0 Å². The second-order valence-electron chi connectivity index (χ2n) is 4.73. The van der Waals surface area contributed by atoms with Gasteiger partial charge in [0.05, 0.1) is 18.6 Å². The van der Waals surface area contributed by atoms with Gasteiger partial charge in [0.25, 0.3) is 0 Å². The number of nitrogens with one attached hydrogen (secondary N) is 1. The third-order valence-corrected chi connectivity index (χ3v) is 3.35. The Morgan fingerprint density at radius 1 is 1.53 bits per heavy atom. The predicted molar refractivity (Wildman–Crippen MR) is 65.4 cm³/mol. The maximum absolute atomic E-state index is 12.0. The molecule has 0 heterocycles. The van der Waals surface area contributed by atoms with Crippen LogP contribution in [0.15, 0.2) is 0 Å². The Kier molecular flexibility index (Phi) is 6.47. The monoisotopic (exact) mass is 244 g/mol. The Hall–Kier alpha value is -0.650. The minimum atomic E-state index is -0.119. The van der Waals surface area contributed by atoms with Crippen LogP contribution in [-0.4, -0.2) is 43.4 Å². The highest BCUT2D eigenvalue weighted by Gasteiger charge is 2.29. The molecule has 0 radical (unpaired) electrons. The van der Waals surface area contributed by atoms with E-state index in [1.54, 1.807) is 7.11 Å². The number of amides is 1. The van der Waals surface area contributed by atoms with E-state index in [0.717, 1.165) is 25.7 Å². The molecule has 5 nitrogen and oxygen atoms in total. The maximum Gasteiger partial charge on any atom is 0.224 e. The number of carbonyl (C=O) groups excluding carboxylic acids is 1. The van der Waals surface area contributed by atoms with E-state index in [2.05, 4.69) is 5.32 Å². The molecule has 0 spiro atoms. The summed E-state index contributed by atoms with van der Waals surface area (Å²) in [6, 6.07) is -0.146. The molecule has 1 aliphatic carbocycles. The van der Waals surface area contributed by atoms with Gasteiger partial charge in [0, 0.05) is 19.8 Å². The van der Waals surface area contributed by atoms with Crippen molar-refractivity contribution in [1.82, 2.24) is 5.32 Å². The van der Waals surface area contributed by atoms with Crippen molar-refractivity contribution in [1.29, 1.82) is 0 Å². The highest BCUT2D eigenvalue weighted by molar-refractivity contribution is 5.79. The Labute approximate surface area is 103 Å². The van der Waals surface area contributed by atoms with Gasteiger partial charge in [0.2, 0.25) is 5.91 Å². The molecular weight excluding hydrogens is 220 g/mol. The fourth-order valence-electron chi connectivity index (χ4n) is 2.35. The summed E-state index contributed by atoms with van der Waals surface area (Å²) in [7, 11) is 1.59. The zero-order valence-electron chi connectivity index (χ0n) is 10.5. The van der Waals surface area contributed by atoms with Crippen LogP contribution in [0.2, 0.25) is 0 Å². The van der Waals surface area contributed by atoms with Gasteiger partial charge in [-0.05, 0) is 19.3 Å². The molecular formula is C12H24N2O3. The van der Waals surface area contributed by atoms with Gasteiger partial charge in [0.1, 0.15) is 0 Å². The molecule has 3 atom stereocenters. The van der Waals surface area contributed by atoms with Crippen molar-refractivity contribution in [2.24, 2.45) is 11.7 Å². The molecule has 0 aliphatic heterocycles. The lowest BCUT2D eigenvalue weighted by molar-refractivity contribution is -0.127. The van der Waals surface area contributed by atoms with E-state index in [0.29, 0.717) is 13.0 Å². The first-order valence-corrected chi connectivity index (χ1v) is 6.34. The summed E-state index contributed by atoms with van der Waals surface area (Å²) in [6.45, 7) is 0.472. The molecule has 1 fully saturated rings. The zero-order valence-corrected chi connectivity index (χ0v) is 10.5. The Morgan fingerprint density at radius 2 is 2.24 bits per heavy atom. The quantitative estimate of drug-likeness (QED) is 0.615. The van der Waals surface area contributed by atoms with Gasteiger partial charge in [-0.1, -0.05) is 12.8 Å². The summed E-state index contributed by atoms with van der Waals surface area (Å²) in [5.74, 6) is -0.0745. The number of aliphatic hydroxyl groups excluding tert-OH is 1. The number of hydrogen-bond donors (Lipinski definition) is 3. The molecule has 17 heavy (non-hydrogen) atoms. The lowest BCUT2D eigenvalue weighted by atomic mass is 9.84. The van der Waals surface area contributed by atoms with Crippen LogP contribution < -0.4 is 11.1 Å². The van der Waals surface area contributed by atoms with Crippen molar-refractivity contribution in [2.75, 3.05) is 20.3 Å². The lowest BCUT2D eigenvalue weighted by Gasteiger charge is -2.29. The molecule has 0 bridgehead atoms. The summed E-state index contributed by atoms with van der Waals surface area (Å²) in [5.41, 5.74) is 5.96. The predicted octanol–water partition coefficient (Wildman–Crippen LogP) is 0.0175. The molecule has 1 saturated carbocycles. The van der Waals surface area contributed by atoms with Crippen LogP contribution in [0.25, 0.3) is 0 Å². The number of methoxy groups -OCH3 is 1. The molecule has 3 unspecified atom stereocenters. The van der Waals surface area contributed by atoms with Crippen molar-refractivity contribution in [2.45, 2.75) is 44.2 Å². The summed E-state index contributed by atoms with van der Waals surface area (Å²) in [4.78, 5) is 12.0. The molecule has 1 aliphatic rings. The van der Waals surface area contributed by atoms with Crippen LogP contribution in [0, 0.1) is 5.92 Å². The summed E-state index contributed by atoms with van der Waals surface area (Å²) in [5, 5.41) is 11.8. The number of nitrogens with two attached hydrogens (primary N) is 1. The first kappa shape index (κ1) is 14.4. The fourth-order valence-corrected chi connectivity index (χ4v) is 2.35. The minimum absolute atomic E-state index is 0.00713. The van der Waals surface area contributed by atoms with E-state index in [9.17, 15) is 4.79 Å². The van der Waals surface area contributed by atoms with Gasteiger partial charge in [-0.2, -0.15) is 0 Å². The van der Waals surface area contributed by atoms with Gasteiger partial charge < -0.3 is 20.9 Å². The van der Waals surface area contributed by atoms with E-state index in [-0.39, 0.29) is 30.5 Å². The standard InChI is InChI=1S/C12H24N2O3/c1-17-8-9(6-7-15)14-12(16)10-4-2-3-5-11(10)13/h9-11,15H,2-8,13H2,1H3,(H,14,16). The summed E-state index contributed by atoms with van der Waals surface area (Å²) in [6.07, 6.45) is 4.49. The van der Waals surface area contributed by atoms with Crippen LogP contribution in [0.3, 0.4) is 0 Å². The van der Waals surface area contributed by atoms with E-state index < -0.39 is 0 Å². The third kappa shape index (κ3) is 4.61. The van der Waals surface area contributed by atoms with E-state index in [1.165, 1.54) is 0 Å². The summed E-state index contributed by atoms with van der Waals surface area (Å²) >= 11 is 0. The Morgan fingerprint density at radius 3 is 2.82 bits per heavy atom. The van der Waals surface area contributed by atoms with Crippen LogP contribution in [-0.2, 0) is 9.53 Å². The second kappa shape index (κ2) is 7.63. The number of aliphatic hydroxyl groups is 1. The molecule has 1 amide bonds. The van der Waals surface area contributed by atoms with Gasteiger partial charge in [-0.25, -0.2) is 0 Å². The van der Waals surface area contributed by atoms with Crippen molar-refractivity contribution in [3.63, 3.8) is 0 Å². The summed E-state index contributed by atoms with van der Waals surface area (Å²) < 4.78 is 5.01. The normalized spacial score (nSPS) is 26.5. The second-order valence-corrected chi connectivity index (χ2v) is 4.73. The number of hydrogen-bond acceptors (Lipinski definition) is 4. The maximum atomic E-state index is 12.0. The number of carbonyl (C=O) groups is 1.